The lowest BCUT2D eigenvalue weighted by Gasteiger charge is -2.39. The van der Waals surface area contributed by atoms with Crippen molar-refractivity contribution in [2.45, 2.75) is 263 Å². The molecule has 302 valence electrons. The first-order valence-electron chi connectivity index (χ1n) is 22.4. The molecule has 51 heavy (non-hydrogen) atoms. The van der Waals surface area contributed by atoms with Crippen molar-refractivity contribution in [3.8, 4) is 0 Å². The molecular formula is C45H86O6. The van der Waals surface area contributed by atoms with E-state index in [9.17, 15) is 29.7 Å². The van der Waals surface area contributed by atoms with Gasteiger partial charge in [0.05, 0.1) is 6.61 Å². The molecule has 2 atom stereocenters. The van der Waals surface area contributed by atoms with E-state index >= 15 is 0 Å². The van der Waals surface area contributed by atoms with Gasteiger partial charge in [0.2, 0.25) is 5.60 Å². The van der Waals surface area contributed by atoms with E-state index in [1.54, 1.807) is 0 Å². The van der Waals surface area contributed by atoms with Crippen LogP contribution in [0.5, 0.6) is 0 Å². The van der Waals surface area contributed by atoms with Gasteiger partial charge in [-0.3, -0.25) is 14.4 Å². The van der Waals surface area contributed by atoms with Gasteiger partial charge in [-0.15, -0.1) is 0 Å². The largest absolute Gasteiger partial charge is 0.393 e. The molecule has 0 saturated carbocycles. The van der Waals surface area contributed by atoms with Crippen molar-refractivity contribution in [3.63, 3.8) is 0 Å². The lowest BCUT2D eigenvalue weighted by Crippen LogP contribution is -2.69. The Kier molecular flexibility index (Phi) is 33.9. The van der Waals surface area contributed by atoms with E-state index in [-0.39, 0.29) is 19.3 Å². The molecule has 0 heterocycles. The number of hydrogen-bond acceptors (Lipinski definition) is 6. The highest BCUT2D eigenvalue weighted by molar-refractivity contribution is 6.16. The Morgan fingerprint density at radius 2 is 0.529 bits per heavy atom. The van der Waals surface area contributed by atoms with Crippen LogP contribution in [0, 0.1) is 0 Å². The van der Waals surface area contributed by atoms with Crippen LogP contribution in [0.15, 0.2) is 0 Å². The van der Waals surface area contributed by atoms with Crippen LogP contribution in [0.3, 0.4) is 0 Å². The second-order valence-electron chi connectivity index (χ2n) is 15.9. The van der Waals surface area contributed by atoms with Crippen molar-refractivity contribution in [2.75, 3.05) is 6.61 Å². The Morgan fingerprint density at radius 1 is 0.333 bits per heavy atom. The molecule has 0 aliphatic heterocycles. The third-order valence-corrected chi connectivity index (χ3v) is 11.1. The highest BCUT2D eigenvalue weighted by Crippen LogP contribution is 2.32. The number of unbranched alkanes of at least 4 members (excludes halogenated alkanes) is 30. The molecule has 0 bridgehead atoms. The monoisotopic (exact) mass is 723 g/mol. The molecule has 0 aromatic rings. The lowest BCUT2D eigenvalue weighted by molar-refractivity contribution is -0.194. The standard InChI is InChI=1S/C45H86O6/c1-4-7-10-13-16-19-21-22-24-27-30-33-36-39-43(49)45(51,42(48)38-35-32-29-26-23-20-17-14-11-8-5-2)44(50,40-46)41(47)37-34-31-28-25-18-15-12-9-6-3/h46,50-51H,4-40H2,1-3H3. The number of carbonyl (C=O) groups is 3. The topological polar surface area (TPSA) is 112 Å². The number of Topliss-reactive ketones (excluding diaryl/α,β-unsaturated/α-hetero) is 3. The van der Waals surface area contributed by atoms with E-state index in [2.05, 4.69) is 20.8 Å². The molecule has 3 N–H and O–H groups in total. The first-order chi connectivity index (χ1) is 24.8. The summed E-state index contributed by atoms with van der Waals surface area (Å²) in [5.74, 6) is -2.45. The van der Waals surface area contributed by atoms with Crippen molar-refractivity contribution in [1.82, 2.24) is 0 Å². The molecule has 0 aromatic carbocycles. The third kappa shape index (κ3) is 23.3. The first-order valence-corrected chi connectivity index (χ1v) is 22.4. The fraction of sp³-hybridized carbons (Fsp3) is 0.933. The van der Waals surface area contributed by atoms with E-state index in [4.69, 9.17) is 0 Å². The molecule has 0 rings (SSSR count). The smallest absolute Gasteiger partial charge is 0.219 e. The summed E-state index contributed by atoms with van der Waals surface area (Å²) in [6.45, 7) is 5.52. The van der Waals surface area contributed by atoms with Crippen molar-refractivity contribution in [3.05, 3.63) is 0 Å². The second-order valence-corrected chi connectivity index (χ2v) is 15.9. The van der Waals surface area contributed by atoms with E-state index in [1.165, 1.54) is 128 Å². The summed E-state index contributed by atoms with van der Waals surface area (Å²) in [5.41, 5.74) is -5.72. The Balaban J connectivity index is 5.00. The molecule has 0 aromatic heterocycles. The molecule has 0 saturated heterocycles. The van der Waals surface area contributed by atoms with Gasteiger partial charge in [0.1, 0.15) is 0 Å². The number of aliphatic hydroxyl groups is 3. The van der Waals surface area contributed by atoms with Crippen molar-refractivity contribution in [1.29, 1.82) is 0 Å². The van der Waals surface area contributed by atoms with Crippen LogP contribution in [0.2, 0.25) is 0 Å². The molecule has 2 unspecified atom stereocenters. The van der Waals surface area contributed by atoms with Crippen LogP contribution in [-0.2, 0) is 14.4 Å². The van der Waals surface area contributed by atoms with E-state index < -0.39 is 35.2 Å². The zero-order valence-corrected chi connectivity index (χ0v) is 34.2. The van der Waals surface area contributed by atoms with Crippen LogP contribution in [0.25, 0.3) is 0 Å². The van der Waals surface area contributed by atoms with E-state index in [0.29, 0.717) is 19.3 Å². The number of carbonyl (C=O) groups excluding carboxylic acids is 3. The van der Waals surface area contributed by atoms with Gasteiger partial charge in [0.25, 0.3) is 0 Å². The van der Waals surface area contributed by atoms with E-state index in [0.717, 1.165) is 64.2 Å². The van der Waals surface area contributed by atoms with Crippen molar-refractivity contribution >= 4 is 17.3 Å². The van der Waals surface area contributed by atoms with Crippen molar-refractivity contribution < 1.29 is 29.7 Å². The first kappa shape index (κ1) is 49.9. The molecular weight excluding hydrogens is 636 g/mol. The van der Waals surface area contributed by atoms with Gasteiger partial charge in [0.15, 0.2) is 23.0 Å². The van der Waals surface area contributed by atoms with Crippen LogP contribution < -0.4 is 0 Å². The SMILES string of the molecule is CCCCCCCCCCCCCCCC(=O)C(O)(C(=O)CCCCCCCCCCCCC)C(O)(CO)C(=O)CCCCCCCCCCC. The summed E-state index contributed by atoms with van der Waals surface area (Å²) >= 11 is 0. The summed E-state index contributed by atoms with van der Waals surface area (Å²) in [6.07, 6.45) is 36.2. The Labute approximate surface area is 316 Å². The lowest BCUT2D eigenvalue weighted by atomic mass is 9.71. The maximum atomic E-state index is 13.6. The quantitative estimate of drug-likeness (QED) is 0.0428. The molecule has 0 radical (unpaired) electrons. The Morgan fingerprint density at radius 3 is 0.745 bits per heavy atom. The van der Waals surface area contributed by atoms with Crippen LogP contribution in [-0.4, -0.2) is 50.5 Å². The molecule has 0 amide bonds. The van der Waals surface area contributed by atoms with Gasteiger partial charge in [-0.1, -0.05) is 213 Å². The fourth-order valence-electron chi connectivity index (χ4n) is 7.44. The normalized spacial score (nSPS) is 14.0. The molecule has 6 heteroatoms. The van der Waals surface area contributed by atoms with Gasteiger partial charge in [-0.25, -0.2) is 0 Å². The molecule has 0 aliphatic carbocycles. The predicted molar refractivity (Wildman–Crippen MR) is 215 cm³/mol. The summed E-state index contributed by atoms with van der Waals surface area (Å²) in [6, 6.07) is 0. The van der Waals surface area contributed by atoms with Gasteiger partial charge in [-0.05, 0) is 19.3 Å². The summed E-state index contributed by atoms with van der Waals surface area (Å²) in [7, 11) is 0. The molecule has 0 aliphatic rings. The molecule has 0 fully saturated rings. The summed E-state index contributed by atoms with van der Waals surface area (Å²) in [4.78, 5) is 40.7. The van der Waals surface area contributed by atoms with Gasteiger partial charge >= 0.3 is 0 Å². The highest BCUT2D eigenvalue weighted by Gasteiger charge is 2.62. The number of rotatable bonds is 41. The van der Waals surface area contributed by atoms with Crippen LogP contribution in [0.4, 0.5) is 0 Å². The Hall–Kier alpha value is -1.11. The van der Waals surface area contributed by atoms with Gasteiger partial charge < -0.3 is 15.3 Å². The minimum absolute atomic E-state index is 0.0764. The zero-order valence-electron chi connectivity index (χ0n) is 34.2. The minimum Gasteiger partial charge on any atom is -0.393 e. The zero-order chi connectivity index (χ0) is 37.9. The maximum Gasteiger partial charge on any atom is 0.219 e. The number of hydrogen-bond donors (Lipinski definition) is 3. The van der Waals surface area contributed by atoms with Crippen LogP contribution in [0.1, 0.15) is 252 Å². The van der Waals surface area contributed by atoms with Crippen LogP contribution >= 0.6 is 0 Å². The number of aliphatic hydroxyl groups excluding tert-OH is 1. The summed E-state index contributed by atoms with van der Waals surface area (Å²) < 4.78 is 0. The predicted octanol–water partition coefficient (Wildman–Crippen LogP) is 12.3. The second kappa shape index (κ2) is 34.6. The Bertz CT molecular complexity index is 828. The van der Waals surface area contributed by atoms with E-state index in [1.807, 2.05) is 0 Å². The van der Waals surface area contributed by atoms with Gasteiger partial charge in [0, 0.05) is 19.3 Å². The average Bonchev–Trinajstić information content (AvgIpc) is 3.13. The minimum atomic E-state index is -2.91. The third-order valence-electron chi connectivity index (χ3n) is 11.1. The molecule has 6 nitrogen and oxygen atoms in total. The summed E-state index contributed by atoms with van der Waals surface area (Å²) in [5, 5.41) is 33.7. The van der Waals surface area contributed by atoms with Crippen molar-refractivity contribution in [2.24, 2.45) is 0 Å². The molecule has 0 spiro atoms. The van der Waals surface area contributed by atoms with Gasteiger partial charge in [-0.2, -0.15) is 0 Å². The number of ketones is 3. The fourth-order valence-corrected chi connectivity index (χ4v) is 7.44. The maximum absolute atomic E-state index is 13.6. The highest BCUT2D eigenvalue weighted by atomic mass is 16.4. The average molecular weight is 723 g/mol.